The Morgan fingerprint density at radius 2 is 1.45 bits per heavy atom. The summed E-state index contributed by atoms with van der Waals surface area (Å²) in [5, 5.41) is 15.3. The quantitative estimate of drug-likeness (QED) is 0.519. The number of nitrogens with one attached hydrogen (secondary N) is 1. The van der Waals surface area contributed by atoms with Crippen molar-refractivity contribution in [2.24, 2.45) is 0 Å². The average molecular weight is 381 g/mol. The molecule has 0 saturated carbocycles. The number of aromatic amines is 1. The van der Waals surface area contributed by atoms with Crippen LogP contribution < -0.4 is 10.0 Å². The first-order valence-corrected chi connectivity index (χ1v) is 9.43. The number of aromatic nitrogens is 1. The van der Waals surface area contributed by atoms with Crippen LogP contribution >= 0.6 is 0 Å². The lowest BCUT2D eigenvalue weighted by Gasteiger charge is -2.31. The monoisotopic (exact) mass is 381 g/mol. The largest absolute Gasteiger partial charge is 0.368 e. The number of benzene rings is 3. The Bertz CT molecular complexity index is 1200. The van der Waals surface area contributed by atoms with Gasteiger partial charge in [0.2, 0.25) is 0 Å². The van der Waals surface area contributed by atoms with E-state index in [1.807, 2.05) is 91.1 Å². The van der Waals surface area contributed by atoms with Gasteiger partial charge in [0.15, 0.2) is 6.23 Å². The Balaban J connectivity index is 1.65. The Labute approximate surface area is 168 Å². The first-order valence-electron chi connectivity index (χ1n) is 9.43. The summed E-state index contributed by atoms with van der Waals surface area (Å²) in [5.41, 5.74) is 3.61. The number of hydrogen-bond acceptors (Lipinski definition) is 3. The Kier molecular flexibility index (Phi) is 4.15. The van der Waals surface area contributed by atoms with Crippen molar-refractivity contribution in [1.82, 2.24) is 4.98 Å². The van der Waals surface area contributed by atoms with Gasteiger partial charge in [0.1, 0.15) is 0 Å². The third-order valence-electron chi connectivity index (χ3n) is 5.12. The van der Waals surface area contributed by atoms with Gasteiger partial charge < -0.3 is 10.1 Å². The predicted molar refractivity (Wildman–Crippen MR) is 115 cm³/mol. The number of carbonyl (C=O) groups is 1. The highest BCUT2D eigenvalue weighted by molar-refractivity contribution is 6.15. The number of anilines is 2. The molecule has 1 unspecified atom stereocenters. The minimum Gasteiger partial charge on any atom is -0.368 e. The molecule has 0 aliphatic carbocycles. The fourth-order valence-electron chi connectivity index (χ4n) is 3.74. The number of hydrogen-bond donors (Lipinski definition) is 2. The molecule has 1 aromatic heterocycles. The van der Waals surface area contributed by atoms with Crippen LogP contribution in [0, 0.1) is 0 Å². The van der Waals surface area contributed by atoms with Crippen molar-refractivity contribution < 1.29 is 9.90 Å². The predicted octanol–water partition coefficient (Wildman–Crippen LogP) is 4.34. The SMILES string of the molecule is O=C1/C(=C\c2c[nH]c3ccccc23)C(O)N(c2ccccc2)N1c1ccccc1. The molecule has 5 heteroatoms. The van der Waals surface area contributed by atoms with Gasteiger partial charge in [-0.15, -0.1) is 0 Å². The number of carbonyl (C=O) groups excluding carboxylic acids is 1. The normalized spacial score (nSPS) is 18.2. The average Bonchev–Trinajstić information content (AvgIpc) is 3.29. The number of nitrogens with zero attached hydrogens (tertiary/aromatic N) is 2. The van der Waals surface area contributed by atoms with Crippen molar-refractivity contribution in [1.29, 1.82) is 0 Å². The van der Waals surface area contributed by atoms with E-state index in [1.165, 1.54) is 5.01 Å². The van der Waals surface area contributed by atoms with Gasteiger partial charge in [-0.3, -0.25) is 4.79 Å². The molecule has 0 radical (unpaired) electrons. The highest BCUT2D eigenvalue weighted by Gasteiger charge is 2.42. The van der Waals surface area contributed by atoms with Crippen LogP contribution in [0.5, 0.6) is 0 Å². The summed E-state index contributed by atoms with van der Waals surface area (Å²) in [4.78, 5) is 16.6. The molecule has 5 rings (SSSR count). The van der Waals surface area contributed by atoms with Crippen molar-refractivity contribution in [3.63, 3.8) is 0 Å². The van der Waals surface area contributed by atoms with Gasteiger partial charge in [-0.05, 0) is 36.4 Å². The molecule has 0 bridgehead atoms. The molecule has 5 nitrogen and oxygen atoms in total. The second kappa shape index (κ2) is 6.96. The van der Waals surface area contributed by atoms with E-state index >= 15 is 0 Å². The maximum atomic E-state index is 13.4. The van der Waals surface area contributed by atoms with E-state index < -0.39 is 6.23 Å². The zero-order valence-corrected chi connectivity index (χ0v) is 15.6. The van der Waals surface area contributed by atoms with Crippen LogP contribution in [0.1, 0.15) is 5.56 Å². The molecule has 1 aliphatic rings. The molecular formula is C24H19N3O2. The fraction of sp³-hybridized carbons (Fsp3) is 0.0417. The van der Waals surface area contributed by atoms with Crippen LogP contribution in [0.25, 0.3) is 17.0 Å². The summed E-state index contributed by atoms with van der Waals surface area (Å²) in [5.74, 6) is -0.252. The van der Waals surface area contributed by atoms with Gasteiger partial charge in [-0.2, -0.15) is 0 Å². The molecule has 2 N–H and O–H groups in total. The van der Waals surface area contributed by atoms with Gasteiger partial charge in [0.25, 0.3) is 5.91 Å². The van der Waals surface area contributed by atoms with Crippen LogP contribution in [0.15, 0.2) is 96.7 Å². The van der Waals surface area contributed by atoms with Gasteiger partial charge >= 0.3 is 0 Å². The zero-order chi connectivity index (χ0) is 19.8. The molecule has 2 heterocycles. The highest BCUT2D eigenvalue weighted by Crippen LogP contribution is 2.35. The van der Waals surface area contributed by atoms with Crippen molar-refractivity contribution in [2.45, 2.75) is 6.23 Å². The highest BCUT2D eigenvalue weighted by atomic mass is 16.3. The van der Waals surface area contributed by atoms with E-state index in [4.69, 9.17) is 0 Å². The molecule has 29 heavy (non-hydrogen) atoms. The third kappa shape index (κ3) is 2.88. The standard InChI is InChI=1S/C24H19N3O2/c28-23-21(15-17-16-25-22-14-8-7-13-20(17)22)24(29)27(19-11-5-2-6-12-19)26(23)18-9-3-1-4-10-18/h1-16,23,25,28H/b21-15-. The molecule has 4 aromatic rings. The topological polar surface area (TPSA) is 59.6 Å². The van der Waals surface area contributed by atoms with Crippen LogP contribution in [-0.2, 0) is 4.79 Å². The van der Waals surface area contributed by atoms with E-state index in [2.05, 4.69) is 4.98 Å². The van der Waals surface area contributed by atoms with Crippen LogP contribution in [0.4, 0.5) is 11.4 Å². The fourth-order valence-corrected chi connectivity index (χ4v) is 3.74. The van der Waals surface area contributed by atoms with E-state index in [0.29, 0.717) is 11.3 Å². The van der Waals surface area contributed by atoms with Gasteiger partial charge in [-0.25, -0.2) is 10.0 Å². The van der Waals surface area contributed by atoms with Crippen LogP contribution in [0.2, 0.25) is 0 Å². The van der Waals surface area contributed by atoms with Crippen LogP contribution in [-0.4, -0.2) is 22.2 Å². The van der Waals surface area contributed by atoms with Crippen molar-refractivity contribution in [3.05, 3.63) is 102 Å². The van der Waals surface area contributed by atoms with Crippen molar-refractivity contribution in [3.8, 4) is 0 Å². The third-order valence-corrected chi connectivity index (χ3v) is 5.12. The number of amides is 1. The second-order valence-electron chi connectivity index (χ2n) is 6.90. The molecule has 142 valence electrons. The van der Waals surface area contributed by atoms with Crippen molar-refractivity contribution in [2.75, 3.05) is 10.0 Å². The molecule has 1 amide bonds. The smallest absolute Gasteiger partial charge is 0.277 e. The van der Waals surface area contributed by atoms with E-state index in [9.17, 15) is 9.90 Å². The lowest BCUT2D eigenvalue weighted by molar-refractivity contribution is -0.114. The number of rotatable bonds is 3. The zero-order valence-electron chi connectivity index (χ0n) is 15.6. The molecule has 0 spiro atoms. The number of para-hydroxylation sites is 3. The summed E-state index contributed by atoms with van der Waals surface area (Å²) >= 11 is 0. The van der Waals surface area contributed by atoms with Gasteiger partial charge in [-0.1, -0.05) is 54.6 Å². The maximum absolute atomic E-state index is 13.4. The van der Waals surface area contributed by atoms with Crippen LogP contribution in [0.3, 0.4) is 0 Å². The van der Waals surface area contributed by atoms with E-state index in [0.717, 1.165) is 22.2 Å². The number of fused-ring (bicyclic) bond motifs is 1. The van der Waals surface area contributed by atoms with Gasteiger partial charge in [0, 0.05) is 22.7 Å². The maximum Gasteiger partial charge on any atom is 0.277 e. The lowest BCUT2D eigenvalue weighted by atomic mass is 10.1. The first kappa shape index (κ1) is 17.3. The lowest BCUT2D eigenvalue weighted by Crippen LogP contribution is -2.43. The summed E-state index contributed by atoms with van der Waals surface area (Å²) in [7, 11) is 0. The minimum atomic E-state index is -1.10. The molecule has 3 aromatic carbocycles. The minimum absolute atomic E-state index is 0.252. The molecule has 1 saturated heterocycles. The van der Waals surface area contributed by atoms with Crippen molar-refractivity contribution >= 4 is 34.3 Å². The summed E-state index contributed by atoms with van der Waals surface area (Å²) in [6, 6.07) is 26.7. The van der Waals surface area contributed by atoms with E-state index in [-0.39, 0.29) is 5.91 Å². The number of hydrazine groups is 1. The molecule has 1 atom stereocenters. The summed E-state index contributed by atoms with van der Waals surface area (Å²) in [6.45, 7) is 0. The summed E-state index contributed by atoms with van der Waals surface area (Å²) in [6.07, 6.45) is 2.53. The molecule has 1 aliphatic heterocycles. The Hall–Kier alpha value is -3.83. The van der Waals surface area contributed by atoms with E-state index in [1.54, 1.807) is 11.1 Å². The number of aliphatic hydroxyl groups excluding tert-OH is 1. The first-order chi connectivity index (χ1) is 14.2. The summed E-state index contributed by atoms with van der Waals surface area (Å²) < 4.78 is 0. The Morgan fingerprint density at radius 3 is 2.17 bits per heavy atom. The molecular weight excluding hydrogens is 362 g/mol. The van der Waals surface area contributed by atoms with Gasteiger partial charge in [0.05, 0.1) is 16.9 Å². The number of aliphatic hydroxyl groups is 1. The second-order valence-corrected chi connectivity index (χ2v) is 6.90. The Morgan fingerprint density at radius 1 is 0.828 bits per heavy atom. The number of H-pyrrole nitrogens is 1. The molecule has 1 fully saturated rings.